The number of methoxy groups -OCH3 is 1. The molecule has 0 aliphatic heterocycles. The number of hydrogen-bond acceptors (Lipinski definition) is 5. The Morgan fingerprint density at radius 3 is 2.96 bits per heavy atom. The summed E-state index contributed by atoms with van der Waals surface area (Å²) < 4.78 is 6.36. The monoisotopic (exact) mass is 331 g/mol. The van der Waals surface area contributed by atoms with Crippen LogP contribution in [-0.4, -0.2) is 32.7 Å². The van der Waals surface area contributed by atoms with Crippen molar-refractivity contribution in [2.45, 2.75) is 13.2 Å². The van der Waals surface area contributed by atoms with Crippen molar-refractivity contribution in [1.29, 1.82) is 0 Å². The molecule has 0 unspecified atom stereocenters. The molecule has 0 spiro atoms. The molecule has 0 saturated carbocycles. The van der Waals surface area contributed by atoms with Crippen LogP contribution in [-0.2, 0) is 17.9 Å². The van der Waals surface area contributed by atoms with Gasteiger partial charge in [0.05, 0.1) is 17.6 Å². The first-order chi connectivity index (χ1) is 11.1. The number of benzene rings is 1. The summed E-state index contributed by atoms with van der Waals surface area (Å²) in [5.74, 6) is -0.136. The van der Waals surface area contributed by atoms with Gasteiger partial charge >= 0.3 is 5.97 Å². The van der Waals surface area contributed by atoms with E-state index >= 15 is 0 Å². The van der Waals surface area contributed by atoms with Crippen LogP contribution in [0.1, 0.15) is 21.9 Å². The van der Waals surface area contributed by atoms with Gasteiger partial charge in [0.15, 0.2) is 5.69 Å². The minimum absolute atomic E-state index is 0.169. The Hall–Kier alpha value is -2.44. The number of fused-ring (bicyclic) bond motifs is 1. The number of carbonyl (C=O) groups excluding carboxylic acids is 1. The number of rotatable bonds is 4. The van der Waals surface area contributed by atoms with Crippen LogP contribution in [0.25, 0.3) is 10.9 Å². The van der Waals surface area contributed by atoms with Crippen LogP contribution in [0.2, 0.25) is 5.02 Å². The number of imidazole rings is 1. The van der Waals surface area contributed by atoms with Gasteiger partial charge in [-0.1, -0.05) is 17.7 Å². The van der Waals surface area contributed by atoms with Crippen molar-refractivity contribution in [3.63, 3.8) is 0 Å². The van der Waals surface area contributed by atoms with E-state index in [2.05, 4.69) is 14.7 Å². The van der Waals surface area contributed by atoms with Crippen LogP contribution in [0.5, 0.6) is 0 Å². The topological polar surface area (TPSA) is 77.2 Å². The number of aliphatic hydroxyl groups excluding tert-OH is 1. The molecule has 118 valence electrons. The van der Waals surface area contributed by atoms with E-state index in [1.165, 1.54) is 7.11 Å². The van der Waals surface area contributed by atoms with E-state index < -0.39 is 5.97 Å². The van der Waals surface area contributed by atoms with Gasteiger partial charge in [-0.05, 0) is 23.8 Å². The lowest BCUT2D eigenvalue weighted by Gasteiger charge is -2.07. The lowest BCUT2D eigenvalue weighted by atomic mass is 10.1. The Morgan fingerprint density at radius 2 is 2.22 bits per heavy atom. The van der Waals surface area contributed by atoms with Crippen LogP contribution in [0.3, 0.4) is 0 Å². The summed E-state index contributed by atoms with van der Waals surface area (Å²) in [6, 6.07) is 7.64. The van der Waals surface area contributed by atoms with Gasteiger partial charge in [0.2, 0.25) is 0 Å². The summed E-state index contributed by atoms with van der Waals surface area (Å²) in [4.78, 5) is 19.9. The summed E-state index contributed by atoms with van der Waals surface area (Å²) in [6.45, 7) is 0.195. The summed E-state index contributed by atoms with van der Waals surface area (Å²) in [5, 5.41) is 10.9. The van der Waals surface area contributed by atoms with E-state index in [4.69, 9.17) is 11.6 Å². The fraction of sp³-hybridized carbons (Fsp3) is 0.188. The van der Waals surface area contributed by atoms with E-state index in [1.54, 1.807) is 17.0 Å². The maximum atomic E-state index is 11.6. The molecular formula is C16H14ClN3O3. The van der Waals surface area contributed by atoms with E-state index in [9.17, 15) is 9.90 Å². The summed E-state index contributed by atoms with van der Waals surface area (Å²) in [5.41, 5.74) is 1.99. The normalized spacial score (nSPS) is 10.9. The smallest absolute Gasteiger partial charge is 0.358 e. The number of aromatic nitrogens is 3. The van der Waals surface area contributed by atoms with Crippen molar-refractivity contribution < 1.29 is 14.6 Å². The maximum Gasteiger partial charge on any atom is 0.358 e. The highest BCUT2D eigenvalue weighted by molar-refractivity contribution is 6.31. The van der Waals surface area contributed by atoms with Crippen LogP contribution < -0.4 is 0 Å². The van der Waals surface area contributed by atoms with Gasteiger partial charge in [0.25, 0.3) is 0 Å². The minimum atomic E-state index is -0.534. The zero-order chi connectivity index (χ0) is 16.4. The molecule has 3 aromatic rings. The predicted octanol–water partition coefficient (Wildman–Crippen LogP) is 2.41. The molecule has 1 N–H and O–H groups in total. The molecule has 23 heavy (non-hydrogen) atoms. The van der Waals surface area contributed by atoms with Crippen molar-refractivity contribution in [3.8, 4) is 0 Å². The Kier molecular flexibility index (Phi) is 4.27. The molecule has 2 aromatic heterocycles. The highest BCUT2D eigenvalue weighted by Crippen LogP contribution is 2.19. The van der Waals surface area contributed by atoms with E-state index in [0.29, 0.717) is 17.4 Å². The Bertz CT molecular complexity index is 876. The third kappa shape index (κ3) is 3.18. The zero-order valence-corrected chi connectivity index (χ0v) is 13.1. The molecule has 6 nitrogen and oxygen atoms in total. The highest BCUT2D eigenvalue weighted by atomic mass is 35.5. The Balaban J connectivity index is 1.95. The standard InChI is InChI=1S/C16H14ClN3O3/c1-23-16(22)14-8-20(15(9-21)19-14)7-10-2-3-13-11(4-10)5-12(17)6-18-13/h2-6,8,21H,7,9H2,1H3. The van der Waals surface area contributed by atoms with Gasteiger partial charge in [0, 0.05) is 24.3 Å². The van der Waals surface area contributed by atoms with Gasteiger partial charge in [0.1, 0.15) is 12.4 Å². The average Bonchev–Trinajstić information content (AvgIpc) is 2.96. The minimum Gasteiger partial charge on any atom is -0.464 e. The molecule has 0 amide bonds. The number of nitrogens with zero attached hydrogens (tertiary/aromatic N) is 3. The Labute approximate surface area is 137 Å². The molecule has 0 atom stereocenters. The summed E-state index contributed by atoms with van der Waals surface area (Å²) >= 11 is 5.97. The SMILES string of the molecule is COC(=O)c1cn(Cc2ccc3ncc(Cl)cc3c2)c(CO)n1. The summed E-state index contributed by atoms with van der Waals surface area (Å²) in [6.07, 6.45) is 3.17. The Morgan fingerprint density at radius 1 is 1.39 bits per heavy atom. The molecule has 0 bridgehead atoms. The lowest BCUT2D eigenvalue weighted by molar-refractivity contribution is 0.0594. The highest BCUT2D eigenvalue weighted by Gasteiger charge is 2.14. The molecular weight excluding hydrogens is 318 g/mol. The van der Waals surface area contributed by atoms with Gasteiger partial charge in [-0.2, -0.15) is 0 Å². The van der Waals surface area contributed by atoms with Crippen molar-refractivity contribution >= 4 is 28.5 Å². The van der Waals surface area contributed by atoms with Crippen molar-refractivity contribution in [2.24, 2.45) is 0 Å². The zero-order valence-electron chi connectivity index (χ0n) is 12.4. The van der Waals surface area contributed by atoms with E-state index in [0.717, 1.165) is 16.5 Å². The van der Waals surface area contributed by atoms with Crippen LogP contribution in [0.4, 0.5) is 0 Å². The van der Waals surface area contributed by atoms with Crippen LogP contribution in [0.15, 0.2) is 36.7 Å². The molecule has 0 aliphatic carbocycles. The largest absolute Gasteiger partial charge is 0.464 e. The number of esters is 1. The van der Waals surface area contributed by atoms with Gasteiger partial charge < -0.3 is 14.4 Å². The molecule has 3 rings (SSSR count). The van der Waals surface area contributed by atoms with Gasteiger partial charge in [-0.15, -0.1) is 0 Å². The van der Waals surface area contributed by atoms with Crippen molar-refractivity contribution in [1.82, 2.24) is 14.5 Å². The summed E-state index contributed by atoms with van der Waals surface area (Å²) in [7, 11) is 1.29. The number of carbonyl (C=O) groups is 1. The number of ether oxygens (including phenoxy) is 1. The number of hydrogen-bond donors (Lipinski definition) is 1. The van der Waals surface area contributed by atoms with Crippen molar-refractivity contribution in [2.75, 3.05) is 7.11 Å². The second kappa shape index (κ2) is 6.36. The third-order valence-corrected chi connectivity index (χ3v) is 3.67. The van der Waals surface area contributed by atoms with Gasteiger partial charge in [-0.25, -0.2) is 9.78 Å². The number of halogens is 1. The maximum absolute atomic E-state index is 11.6. The number of pyridine rings is 1. The number of aliphatic hydroxyl groups is 1. The first kappa shape index (κ1) is 15.5. The lowest BCUT2D eigenvalue weighted by Crippen LogP contribution is -2.04. The first-order valence-electron chi connectivity index (χ1n) is 6.90. The average molecular weight is 332 g/mol. The molecule has 0 saturated heterocycles. The fourth-order valence-corrected chi connectivity index (χ4v) is 2.54. The predicted molar refractivity (Wildman–Crippen MR) is 85.3 cm³/mol. The van der Waals surface area contributed by atoms with Gasteiger partial charge in [-0.3, -0.25) is 4.98 Å². The van der Waals surface area contributed by atoms with Crippen LogP contribution in [0, 0.1) is 0 Å². The van der Waals surface area contributed by atoms with E-state index in [-0.39, 0.29) is 12.3 Å². The molecule has 0 radical (unpaired) electrons. The second-order valence-electron chi connectivity index (χ2n) is 5.00. The van der Waals surface area contributed by atoms with Crippen LogP contribution >= 0.6 is 11.6 Å². The first-order valence-corrected chi connectivity index (χ1v) is 7.28. The molecule has 7 heteroatoms. The second-order valence-corrected chi connectivity index (χ2v) is 5.44. The molecule has 1 aromatic carbocycles. The molecule has 2 heterocycles. The fourth-order valence-electron chi connectivity index (χ4n) is 2.37. The quantitative estimate of drug-likeness (QED) is 0.743. The molecule has 0 fully saturated rings. The van der Waals surface area contributed by atoms with E-state index in [1.807, 2.05) is 24.3 Å². The third-order valence-electron chi connectivity index (χ3n) is 3.46. The molecule has 0 aliphatic rings. The van der Waals surface area contributed by atoms with Crippen molar-refractivity contribution in [3.05, 3.63) is 58.8 Å².